The number of benzene rings is 1. The third kappa shape index (κ3) is 2.16. The maximum Gasteiger partial charge on any atom is 0.244 e. The van der Waals surface area contributed by atoms with Crippen molar-refractivity contribution >= 4 is 0 Å². The molecule has 1 aromatic heterocycles. The molecule has 0 bridgehead atoms. The molecule has 0 saturated carbocycles. The predicted molar refractivity (Wildman–Crippen MR) is 69.1 cm³/mol. The van der Waals surface area contributed by atoms with Gasteiger partial charge >= 0.3 is 0 Å². The second-order valence-electron chi connectivity index (χ2n) is 4.77. The normalized spacial score (nSPS) is 19.9. The minimum absolute atomic E-state index is 0.226. The summed E-state index contributed by atoms with van der Waals surface area (Å²) in [5.41, 5.74) is 2.21. The number of hydrogen-bond acceptors (Lipinski definition) is 4. The molecular weight excluding hydrogens is 226 g/mol. The number of nitrogens with one attached hydrogen (secondary N) is 1. The zero-order valence-corrected chi connectivity index (χ0v) is 10.5. The Morgan fingerprint density at radius 3 is 2.94 bits per heavy atom. The quantitative estimate of drug-likeness (QED) is 0.881. The molecule has 3 rings (SSSR count). The van der Waals surface area contributed by atoms with Crippen LogP contribution >= 0.6 is 0 Å². The minimum Gasteiger partial charge on any atom is -0.337 e. The zero-order valence-electron chi connectivity index (χ0n) is 10.5. The minimum atomic E-state index is 0.226. The average molecular weight is 243 g/mol. The van der Waals surface area contributed by atoms with E-state index in [-0.39, 0.29) is 6.04 Å². The van der Waals surface area contributed by atoms with Crippen molar-refractivity contribution < 1.29 is 4.52 Å². The Labute approximate surface area is 106 Å². The molecule has 1 unspecified atom stereocenters. The van der Waals surface area contributed by atoms with Gasteiger partial charge in [0.15, 0.2) is 0 Å². The molecule has 1 N–H and O–H groups in total. The van der Waals surface area contributed by atoms with Crippen LogP contribution < -0.4 is 5.32 Å². The van der Waals surface area contributed by atoms with Crippen molar-refractivity contribution in [2.75, 3.05) is 6.54 Å². The summed E-state index contributed by atoms with van der Waals surface area (Å²) in [5, 5.41) is 7.51. The Kier molecular flexibility index (Phi) is 3.11. The molecule has 2 heterocycles. The molecule has 1 aromatic carbocycles. The fourth-order valence-electron chi connectivity index (χ4n) is 2.37. The molecule has 4 nitrogen and oxygen atoms in total. The van der Waals surface area contributed by atoms with E-state index >= 15 is 0 Å². The van der Waals surface area contributed by atoms with Gasteiger partial charge in [-0.3, -0.25) is 0 Å². The van der Waals surface area contributed by atoms with Gasteiger partial charge in [0.1, 0.15) is 0 Å². The lowest BCUT2D eigenvalue weighted by molar-refractivity contribution is 0.297. The first-order valence-corrected chi connectivity index (χ1v) is 6.47. The predicted octanol–water partition coefficient (Wildman–Crippen LogP) is 2.86. The summed E-state index contributed by atoms with van der Waals surface area (Å²) in [7, 11) is 0. The van der Waals surface area contributed by atoms with Crippen molar-refractivity contribution in [1.29, 1.82) is 0 Å². The van der Waals surface area contributed by atoms with Crippen LogP contribution in [0.3, 0.4) is 0 Å². The average Bonchev–Trinajstić information content (AvgIpc) is 2.90. The molecule has 4 heteroatoms. The van der Waals surface area contributed by atoms with E-state index in [4.69, 9.17) is 4.52 Å². The Bertz CT molecular complexity index is 529. The van der Waals surface area contributed by atoms with Crippen molar-refractivity contribution in [3.8, 4) is 11.4 Å². The lowest BCUT2D eigenvalue weighted by Gasteiger charge is -2.19. The van der Waals surface area contributed by atoms with Crippen LogP contribution in [0.25, 0.3) is 11.4 Å². The summed E-state index contributed by atoms with van der Waals surface area (Å²) < 4.78 is 5.39. The van der Waals surface area contributed by atoms with E-state index in [0.717, 1.165) is 18.5 Å². The second kappa shape index (κ2) is 4.90. The Morgan fingerprint density at radius 1 is 1.28 bits per heavy atom. The largest absolute Gasteiger partial charge is 0.337 e. The maximum atomic E-state index is 5.39. The maximum absolute atomic E-state index is 5.39. The smallest absolute Gasteiger partial charge is 0.244 e. The molecule has 1 atom stereocenters. The van der Waals surface area contributed by atoms with Gasteiger partial charge in [-0.05, 0) is 31.9 Å². The first-order valence-electron chi connectivity index (χ1n) is 6.47. The van der Waals surface area contributed by atoms with E-state index in [1.807, 2.05) is 18.2 Å². The lowest BCUT2D eigenvalue weighted by atomic mass is 10.1. The van der Waals surface area contributed by atoms with Gasteiger partial charge in [-0.25, -0.2) is 0 Å². The molecule has 1 aliphatic heterocycles. The Balaban J connectivity index is 1.87. The highest BCUT2D eigenvalue weighted by Gasteiger charge is 2.21. The summed E-state index contributed by atoms with van der Waals surface area (Å²) in [4.78, 5) is 4.52. The summed E-state index contributed by atoms with van der Waals surface area (Å²) in [6.07, 6.45) is 3.53. The van der Waals surface area contributed by atoms with Crippen molar-refractivity contribution in [1.82, 2.24) is 15.5 Å². The number of rotatable bonds is 2. The third-order valence-corrected chi connectivity index (χ3v) is 3.44. The number of aryl methyl sites for hydroxylation is 1. The molecule has 0 radical (unpaired) electrons. The summed E-state index contributed by atoms with van der Waals surface area (Å²) in [5.74, 6) is 1.41. The van der Waals surface area contributed by atoms with Gasteiger partial charge in [0, 0.05) is 5.56 Å². The lowest BCUT2D eigenvalue weighted by Crippen LogP contribution is -2.26. The van der Waals surface area contributed by atoms with Crippen molar-refractivity contribution in [2.45, 2.75) is 32.2 Å². The number of hydrogen-bond donors (Lipinski definition) is 1. The third-order valence-electron chi connectivity index (χ3n) is 3.44. The SMILES string of the molecule is Cc1ccccc1-c1noc(C2CCCCN2)n1. The van der Waals surface area contributed by atoms with Gasteiger partial charge in [0.05, 0.1) is 6.04 Å². The van der Waals surface area contributed by atoms with Crippen molar-refractivity contribution in [2.24, 2.45) is 0 Å². The standard InChI is InChI=1S/C14H17N3O/c1-10-6-2-3-7-11(10)13-16-14(18-17-13)12-8-4-5-9-15-12/h2-3,6-7,12,15H,4-5,8-9H2,1H3. The highest BCUT2D eigenvalue weighted by Crippen LogP contribution is 2.25. The van der Waals surface area contributed by atoms with Crippen LogP contribution in [0, 0.1) is 6.92 Å². The van der Waals surface area contributed by atoms with E-state index in [2.05, 4.69) is 28.4 Å². The topological polar surface area (TPSA) is 51.0 Å². The molecule has 0 aliphatic carbocycles. The zero-order chi connectivity index (χ0) is 12.4. The molecule has 1 saturated heterocycles. The summed E-state index contributed by atoms with van der Waals surface area (Å²) >= 11 is 0. The van der Waals surface area contributed by atoms with E-state index in [0.29, 0.717) is 11.7 Å². The highest BCUT2D eigenvalue weighted by atomic mass is 16.5. The van der Waals surface area contributed by atoms with E-state index in [1.165, 1.54) is 18.4 Å². The van der Waals surface area contributed by atoms with E-state index < -0.39 is 0 Å². The van der Waals surface area contributed by atoms with Crippen LogP contribution in [-0.2, 0) is 0 Å². The molecule has 1 aliphatic rings. The monoisotopic (exact) mass is 243 g/mol. The fourth-order valence-corrected chi connectivity index (χ4v) is 2.37. The summed E-state index contributed by atoms with van der Waals surface area (Å²) in [6.45, 7) is 3.09. The fraction of sp³-hybridized carbons (Fsp3) is 0.429. The molecule has 94 valence electrons. The molecular formula is C14H17N3O. The van der Waals surface area contributed by atoms with Crippen molar-refractivity contribution in [3.63, 3.8) is 0 Å². The summed E-state index contributed by atoms with van der Waals surface area (Å²) in [6, 6.07) is 8.33. The van der Waals surface area contributed by atoms with Gasteiger partial charge in [-0.1, -0.05) is 35.8 Å². The highest BCUT2D eigenvalue weighted by molar-refractivity contribution is 5.58. The number of nitrogens with zero attached hydrogens (tertiary/aromatic N) is 2. The number of aromatic nitrogens is 2. The van der Waals surface area contributed by atoms with Gasteiger partial charge in [0.2, 0.25) is 11.7 Å². The van der Waals surface area contributed by atoms with Crippen LogP contribution in [0.15, 0.2) is 28.8 Å². The molecule has 2 aromatic rings. The second-order valence-corrected chi connectivity index (χ2v) is 4.77. The first kappa shape index (κ1) is 11.4. The van der Waals surface area contributed by atoms with Crippen LogP contribution in [0.4, 0.5) is 0 Å². The Morgan fingerprint density at radius 2 is 2.17 bits per heavy atom. The van der Waals surface area contributed by atoms with E-state index in [1.54, 1.807) is 0 Å². The van der Waals surface area contributed by atoms with Gasteiger partial charge in [-0.2, -0.15) is 4.98 Å². The molecule has 0 amide bonds. The van der Waals surface area contributed by atoms with E-state index in [9.17, 15) is 0 Å². The van der Waals surface area contributed by atoms with Gasteiger partial charge < -0.3 is 9.84 Å². The van der Waals surface area contributed by atoms with Crippen LogP contribution in [0.2, 0.25) is 0 Å². The molecule has 1 fully saturated rings. The van der Waals surface area contributed by atoms with Gasteiger partial charge in [-0.15, -0.1) is 0 Å². The molecule has 0 spiro atoms. The van der Waals surface area contributed by atoms with Crippen LogP contribution in [0.1, 0.15) is 36.8 Å². The molecule has 18 heavy (non-hydrogen) atoms. The van der Waals surface area contributed by atoms with Crippen LogP contribution in [0.5, 0.6) is 0 Å². The van der Waals surface area contributed by atoms with Crippen molar-refractivity contribution in [3.05, 3.63) is 35.7 Å². The number of piperidine rings is 1. The van der Waals surface area contributed by atoms with Crippen LogP contribution in [-0.4, -0.2) is 16.7 Å². The van der Waals surface area contributed by atoms with Gasteiger partial charge in [0.25, 0.3) is 0 Å². The first-order chi connectivity index (χ1) is 8.84. The Hall–Kier alpha value is -1.68.